The lowest BCUT2D eigenvalue weighted by Crippen LogP contribution is -2.35. The first-order valence-electron chi connectivity index (χ1n) is 6.78. The Morgan fingerprint density at radius 3 is 2.43 bits per heavy atom. The predicted molar refractivity (Wildman–Crippen MR) is 85.9 cm³/mol. The summed E-state index contributed by atoms with van der Waals surface area (Å²) in [6.07, 6.45) is 0. The van der Waals surface area contributed by atoms with Gasteiger partial charge in [-0.1, -0.05) is 34.4 Å². The van der Waals surface area contributed by atoms with Crippen molar-refractivity contribution in [2.75, 3.05) is 13.1 Å². The van der Waals surface area contributed by atoms with Crippen molar-refractivity contribution < 1.29 is 19.2 Å². The Labute approximate surface area is 142 Å². The highest BCUT2D eigenvalue weighted by molar-refractivity contribution is 6.39. The molecule has 0 saturated carbocycles. The van der Waals surface area contributed by atoms with Crippen LogP contribution in [-0.2, 0) is 4.79 Å². The highest BCUT2D eigenvalue weighted by atomic mass is 35.5. The van der Waals surface area contributed by atoms with E-state index >= 15 is 0 Å². The first kappa shape index (κ1) is 17.3. The first-order chi connectivity index (χ1) is 10.9. The van der Waals surface area contributed by atoms with E-state index in [4.69, 9.17) is 32.8 Å². The number of rotatable bonds is 5. The van der Waals surface area contributed by atoms with Gasteiger partial charge >= 0.3 is 5.97 Å². The van der Waals surface area contributed by atoms with Crippen molar-refractivity contribution in [3.8, 4) is 11.3 Å². The SMILES string of the molecule is CCN(CC(=O)O)C(=O)c1c(-c2c(Cl)cccc2Cl)noc1C. The van der Waals surface area contributed by atoms with Gasteiger partial charge in [0.15, 0.2) is 0 Å². The smallest absolute Gasteiger partial charge is 0.323 e. The number of carboxylic acid groups (broad SMARTS) is 1. The molecule has 6 nitrogen and oxygen atoms in total. The maximum Gasteiger partial charge on any atom is 0.323 e. The third-order valence-electron chi connectivity index (χ3n) is 3.27. The number of hydrogen-bond donors (Lipinski definition) is 1. The second-order valence-electron chi connectivity index (χ2n) is 4.77. The van der Waals surface area contributed by atoms with E-state index in [0.717, 1.165) is 0 Å². The highest BCUT2D eigenvalue weighted by Crippen LogP contribution is 2.37. The van der Waals surface area contributed by atoms with Gasteiger partial charge in [0.2, 0.25) is 0 Å². The molecule has 0 radical (unpaired) electrons. The van der Waals surface area contributed by atoms with Crippen molar-refractivity contribution in [2.45, 2.75) is 13.8 Å². The van der Waals surface area contributed by atoms with Crippen LogP contribution in [-0.4, -0.2) is 40.1 Å². The molecule has 1 heterocycles. The molecule has 0 spiro atoms. The van der Waals surface area contributed by atoms with Gasteiger partial charge in [-0.3, -0.25) is 9.59 Å². The van der Waals surface area contributed by atoms with Crippen molar-refractivity contribution in [1.82, 2.24) is 10.1 Å². The molecule has 0 bridgehead atoms. The summed E-state index contributed by atoms with van der Waals surface area (Å²) in [5, 5.41) is 13.5. The maximum atomic E-state index is 12.7. The monoisotopic (exact) mass is 356 g/mol. The van der Waals surface area contributed by atoms with Gasteiger partial charge in [-0.15, -0.1) is 0 Å². The van der Waals surface area contributed by atoms with E-state index in [1.165, 1.54) is 4.90 Å². The van der Waals surface area contributed by atoms with E-state index in [9.17, 15) is 9.59 Å². The van der Waals surface area contributed by atoms with Gasteiger partial charge in [0.25, 0.3) is 5.91 Å². The standard InChI is InChI=1S/C15H14Cl2N2O4/c1-3-19(7-11(20)21)15(22)12-8(2)23-18-14(12)13-9(16)5-4-6-10(13)17/h4-6H,3,7H2,1-2H3,(H,20,21). The van der Waals surface area contributed by atoms with Crippen molar-refractivity contribution in [3.05, 3.63) is 39.6 Å². The molecule has 2 aromatic rings. The van der Waals surface area contributed by atoms with Gasteiger partial charge in [-0.25, -0.2) is 0 Å². The lowest BCUT2D eigenvalue weighted by Gasteiger charge is -2.18. The molecule has 122 valence electrons. The van der Waals surface area contributed by atoms with Crippen LogP contribution in [0.5, 0.6) is 0 Å². The maximum absolute atomic E-state index is 12.7. The van der Waals surface area contributed by atoms with Gasteiger partial charge in [0.1, 0.15) is 23.6 Å². The zero-order valence-electron chi connectivity index (χ0n) is 12.5. The number of carbonyl (C=O) groups is 2. The van der Waals surface area contributed by atoms with Crippen LogP contribution in [0.25, 0.3) is 11.3 Å². The zero-order valence-corrected chi connectivity index (χ0v) is 14.0. The van der Waals surface area contributed by atoms with Crippen LogP contribution in [0.3, 0.4) is 0 Å². The minimum Gasteiger partial charge on any atom is -0.480 e. The fourth-order valence-electron chi connectivity index (χ4n) is 2.17. The molecule has 1 aromatic heterocycles. The Hall–Kier alpha value is -2.05. The molecule has 0 atom stereocenters. The Morgan fingerprint density at radius 1 is 1.30 bits per heavy atom. The molecule has 0 aliphatic rings. The molecule has 1 N–H and O–H groups in total. The lowest BCUT2D eigenvalue weighted by molar-refractivity contribution is -0.137. The molecule has 0 aliphatic heterocycles. The van der Waals surface area contributed by atoms with Crippen molar-refractivity contribution in [1.29, 1.82) is 0 Å². The third kappa shape index (κ3) is 3.48. The third-order valence-corrected chi connectivity index (χ3v) is 3.90. The van der Waals surface area contributed by atoms with Crippen LogP contribution in [0.2, 0.25) is 10.0 Å². The molecular formula is C15H14Cl2N2O4. The average Bonchev–Trinajstić information content (AvgIpc) is 2.85. The van der Waals surface area contributed by atoms with E-state index < -0.39 is 18.4 Å². The first-order valence-corrected chi connectivity index (χ1v) is 7.54. The number of aliphatic carboxylic acids is 1. The average molecular weight is 357 g/mol. The number of carbonyl (C=O) groups excluding carboxylic acids is 1. The minimum atomic E-state index is -1.10. The molecule has 0 unspecified atom stereocenters. The minimum absolute atomic E-state index is 0.156. The zero-order chi connectivity index (χ0) is 17.1. The van der Waals surface area contributed by atoms with Gasteiger partial charge in [0.05, 0.1) is 10.0 Å². The van der Waals surface area contributed by atoms with Crippen LogP contribution >= 0.6 is 23.2 Å². The molecule has 2 rings (SSSR count). The molecular weight excluding hydrogens is 343 g/mol. The van der Waals surface area contributed by atoms with Crippen molar-refractivity contribution in [2.24, 2.45) is 0 Å². The van der Waals surface area contributed by atoms with Crippen LogP contribution in [0, 0.1) is 6.92 Å². The summed E-state index contributed by atoms with van der Waals surface area (Å²) in [5.41, 5.74) is 0.734. The predicted octanol–water partition coefficient (Wildman–Crippen LogP) is 3.50. The molecule has 1 amide bonds. The van der Waals surface area contributed by atoms with Gasteiger partial charge in [0, 0.05) is 12.1 Å². The summed E-state index contributed by atoms with van der Waals surface area (Å²) >= 11 is 12.3. The number of aryl methyl sites for hydroxylation is 1. The van der Waals surface area contributed by atoms with Gasteiger partial charge in [-0.2, -0.15) is 0 Å². The molecule has 8 heteroatoms. The summed E-state index contributed by atoms with van der Waals surface area (Å²) < 4.78 is 5.12. The summed E-state index contributed by atoms with van der Waals surface area (Å²) in [5.74, 6) is -1.34. The number of likely N-dealkylation sites (N-methyl/N-ethyl adjacent to an activating group) is 1. The van der Waals surface area contributed by atoms with Crippen LogP contribution in [0.1, 0.15) is 23.0 Å². The Kier molecular flexibility index (Phi) is 5.28. The Balaban J connectivity index is 2.55. The second-order valence-corrected chi connectivity index (χ2v) is 5.59. The Bertz CT molecular complexity index is 738. The summed E-state index contributed by atoms with van der Waals surface area (Å²) in [6.45, 7) is 3.07. The van der Waals surface area contributed by atoms with Crippen molar-refractivity contribution >= 4 is 35.1 Å². The number of amides is 1. The number of benzene rings is 1. The fourth-order valence-corrected chi connectivity index (χ4v) is 2.74. The van der Waals surface area contributed by atoms with E-state index in [2.05, 4.69) is 5.16 Å². The second kappa shape index (κ2) is 7.02. The normalized spacial score (nSPS) is 10.6. The number of carboxylic acids is 1. The van der Waals surface area contributed by atoms with Crippen LogP contribution < -0.4 is 0 Å². The van der Waals surface area contributed by atoms with Crippen LogP contribution in [0.4, 0.5) is 0 Å². The Morgan fingerprint density at radius 2 is 1.91 bits per heavy atom. The quantitative estimate of drug-likeness (QED) is 0.885. The number of hydrogen-bond acceptors (Lipinski definition) is 4. The highest BCUT2D eigenvalue weighted by Gasteiger charge is 2.28. The van der Waals surface area contributed by atoms with E-state index in [-0.39, 0.29) is 23.6 Å². The summed E-state index contributed by atoms with van der Waals surface area (Å²) in [4.78, 5) is 24.8. The number of halogens is 2. The summed E-state index contributed by atoms with van der Waals surface area (Å²) in [7, 11) is 0. The largest absolute Gasteiger partial charge is 0.480 e. The molecule has 0 saturated heterocycles. The fraction of sp³-hybridized carbons (Fsp3) is 0.267. The molecule has 0 aliphatic carbocycles. The molecule has 1 aromatic carbocycles. The van der Waals surface area contributed by atoms with E-state index in [1.54, 1.807) is 32.0 Å². The lowest BCUT2D eigenvalue weighted by atomic mass is 10.0. The number of aromatic nitrogens is 1. The van der Waals surface area contributed by atoms with Gasteiger partial charge < -0.3 is 14.5 Å². The van der Waals surface area contributed by atoms with E-state index in [0.29, 0.717) is 15.6 Å². The topological polar surface area (TPSA) is 83.6 Å². The molecule has 0 fully saturated rings. The van der Waals surface area contributed by atoms with Crippen molar-refractivity contribution in [3.63, 3.8) is 0 Å². The van der Waals surface area contributed by atoms with Gasteiger partial charge in [-0.05, 0) is 26.0 Å². The molecule has 23 heavy (non-hydrogen) atoms. The number of nitrogens with zero attached hydrogens (tertiary/aromatic N) is 2. The summed E-state index contributed by atoms with van der Waals surface area (Å²) in [6, 6.07) is 4.91. The van der Waals surface area contributed by atoms with Crippen LogP contribution in [0.15, 0.2) is 22.7 Å². The van der Waals surface area contributed by atoms with E-state index in [1.807, 2.05) is 0 Å².